The molecule has 3 rings (SSSR count). The van der Waals surface area contributed by atoms with Crippen molar-refractivity contribution in [2.24, 2.45) is 0 Å². The second kappa shape index (κ2) is 10.4. The average molecular weight is 463 g/mol. The molecule has 0 atom stereocenters. The molecule has 0 aliphatic rings. The van der Waals surface area contributed by atoms with E-state index < -0.39 is 23.6 Å². The highest BCUT2D eigenvalue weighted by Gasteiger charge is 2.30. The number of ether oxygens (including phenoxy) is 1. The number of pyridine rings is 1. The zero-order valence-electron chi connectivity index (χ0n) is 17.1. The molecule has 0 spiro atoms. The Kier molecular flexibility index (Phi) is 7.57. The van der Waals surface area contributed by atoms with E-state index in [9.17, 15) is 22.8 Å². The van der Waals surface area contributed by atoms with Gasteiger partial charge in [-0.25, -0.2) is 4.98 Å². The summed E-state index contributed by atoms with van der Waals surface area (Å²) in [6.07, 6.45) is -2.87. The maximum atomic E-state index is 12.9. The molecular formula is C22H20F3N3O3S. The SMILES string of the molecule is CCOC(=O)CN(Cc1ccc(C(F)(F)F)cc1)C(=O)Cc1csc(-c2ccccn2)n1. The lowest BCUT2D eigenvalue weighted by Gasteiger charge is -2.22. The van der Waals surface area contributed by atoms with Crippen LogP contribution in [-0.2, 0) is 33.5 Å². The van der Waals surface area contributed by atoms with Crippen LogP contribution in [0.1, 0.15) is 23.7 Å². The Hall–Kier alpha value is -3.27. The Morgan fingerprint density at radius 3 is 2.50 bits per heavy atom. The van der Waals surface area contributed by atoms with Crippen molar-refractivity contribution in [2.45, 2.75) is 26.1 Å². The number of hydrogen-bond acceptors (Lipinski definition) is 6. The van der Waals surface area contributed by atoms with Gasteiger partial charge in [-0.2, -0.15) is 13.2 Å². The minimum absolute atomic E-state index is 0.0347. The second-order valence-electron chi connectivity index (χ2n) is 6.79. The number of halogens is 3. The first kappa shape index (κ1) is 23.4. The lowest BCUT2D eigenvalue weighted by atomic mass is 10.1. The molecule has 2 heterocycles. The van der Waals surface area contributed by atoms with Gasteiger partial charge in [0.1, 0.15) is 11.6 Å². The van der Waals surface area contributed by atoms with Crippen LogP contribution in [0.4, 0.5) is 13.2 Å². The third-order valence-corrected chi connectivity index (χ3v) is 5.31. The number of thiazole rings is 1. The highest BCUT2D eigenvalue weighted by molar-refractivity contribution is 7.13. The van der Waals surface area contributed by atoms with Gasteiger partial charge in [-0.3, -0.25) is 14.6 Å². The molecule has 1 amide bonds. The molecule has 32 heavy (non-hydrogen) atoms. The Bertz CT molecular complexity index is 1050. The Morgan fingerprint density at radius 1 is 1.12 bits per heavy atom. The fourth-order valence-corrected chi connectivity index (χ4v) is 3.67. The van der Waals surface area contributed by atoms with Crippen LogP contribution in [0.15, 0.2) is 54.0 Å². The number of rotatable bonds is 8. The largest absolute Gasteiger partial charge is 0.465 e. The predicted octanol–water partition coefficient (Wildman–Crippen LogP) is 4.36. The lowest BCUT2D eigenvalue weighted by molar-refractivity contribution is -0.149. The van der Waals surface area contributed by atoms with Gasteiger partial charge in [0, 0.05) is 18.1 Å². The van der Waals surface area contributed by atoms with E-state index in [0.717, 1.165) is 12.1 Å². The molecule has 3 aromatic rings. The van der Waals surface area contributed by atoms with Crippen molar-refractivity contribution in [3.05, 3.63) is 70.9 Å². The van der Waals surface area contributed by atoms with Crippen molar-refractivity contribution in [3.8, 4) is 10.7 Å². The van der Waals surface area contributed by atoms with E-state index in [-0.39, 0.29) is 26.1 Å². The number of aromatic nitrogens is 2. The summed E-state index contributed by atoms with van der Waals surface area (Å²) < 4.78 is 43.3. The molecule has 0 fully saturated rings. The number of benzene rings is 1. The van der Waals surface area contributed by atoms with Crippen molar-refractivity contribution in [2.75, 3.05) is 13.2 Å². The smallest absolute Gasteiger partial charge is 0.416 e. The number of alkyl halides is 3. The fraction of sp³-hybridized carbons (Fsp3) is 0.273. The standard InChI is InChI=1S/C22H20F3N3O3S/c1-2-31-20(30)13-28(12-15-6-8-16(9-7-15)22(23,24)25)19(29)11-17-14-32-21(27-17)18-5-3-4-10-26-18/h3-10,14H,2,11-13H2,1H3. The first-order chi connectivity index (χ1) is 15.3. The molecule has 0 N–H and O–H groups in total. The van der Waals surface area contributed by atoms with Crippen LogP contribution in [0.25, 0.3) is 10.7 Å². The molecular weight excluding hydrogens is 443 g/mol. The maximum absolute atomic E-state index is 12.9. The van der Waals surface area contributed by atoms with Gasteiger partial charge >= 0.3 is 12.1 Å². The Balaban J connectivity index is 1.74. The molecule has 0 bridgehead atoms. The van der Waals surface area contributed by atoms with E-state index in [2.05, 4.69) is 9.97 Å². The van der Waals surface area contributed by atoms with Gasteiger partial charge in [0.25, 0.3) is 0 Å². The van der Waals surface area contributed by atoms with Crippen LogP contribution < -0.4 is 0 Å². The zero-order chi connectivity index (χ0) is 23.1. The lowest BCUT2D eigenvalue weighted by Crippen LogP contribution is -2.37. The average Bonchev–Trinajstić information content (AvgIpc) is 3.22. The maximum Gasteiger partial charge on any atom is 0.416 e. The van der Waals surface area contributed by atoms with E-state index in [1.807, 2.05) is 12.1 Å². The summed E-state index contributed by atoms with van der Waals surface area (Å²) in [5.41, 5.74) is 0.878. The number of hydrogen-bond donors (Lipinski definition) is 0. The molecule has 0 radical (unpaired) electrons. The van der Waals surface area contributed by atoms with Crippen molar-refractivity contribution >= 4 is 23.2 Å². The summed E-state index contributed by atoms with van der Waals surface area (Å²) in [4.78, 5) is 34.8. The third kappa shape index (κ3) is 6.36. The fourth-order valence-electron chi connectivity index (χ4n) is 2.88. The molecule has 0 saturated carbocycles. The molecule has 1 aromatic carbocycles. The Morgan fingerprint density at radius 2 is 1.88 bits per heavy atom. The van der Waals surface area contributed by atoms with Gasteiger partial charge in [-0.15, -0.1) is 11.3 Å². The van der Waals surface area contributed by atoms with Gasteiger partial charge < -0.3 is 9.64 Å². The van der Waals surface area contributed by atoms with E-state index >= 15 is 0 Å². The topological polar surface area (TPSA) is 72.4 Å². The zero-order valence-corrected chi connectivity index (χ0v) is 17.9. The van der Waals surface area contributed by atoms with E-state index in [4.69, 9.17) is 4.74 Å². The summed E-state index contributed by atoms with van der Waals surface area (Å²) in [5, 5.41) is 2.40. The van der Waals surface area contributed by atoms with Crippen LogP contribution in [0.5, 0.6) is 0 Å². The van der Waals surface area contributed by atoms with E-state index in [1.54, 1.807) is 24.6 Å². The predicted molar refractivity (Wildman–Crippen MR) is 113 cm³/mol. The quantitative estimate of drug-likeness (QED) is 0.464. The van der Waals surface area contributed by atoms with Crippen LogP contribution in [0.3, 0.4) is 0 Å². The van der Waals surface area contributed by atoms with Crippen molar-refractivity contribution < 1.29 is 27.5 Å². The first-order valence-corrected chi connectivity index (χ1v) is 10.6. The second-order valence-corrected chi connectivity index (χ2v) is 7.64. The van der Waals surface area contributed by atoms with Crippen LogP contribution in [0.2, 0.25) is 0 Å². The summed E-state index contributed by atoms with van der Waals surface area (Å²) in [7, 11) is 0. The molecule has 2 aromatic heterocycles. The van der Waals surface area contributed by atoms with Crippen molar-refractivity contribution in [3.63, 3.8) is 0 Å². The minimum Gasteiger partial charge on any atom is -0.465 e. The van der Waals surface area contributed by atoms with Crippen LogP contribution in [0, 0.1) is 0 Å². The molecule has 0 aliphatic heterocycles. The monoisotopic (exact) mass is 463 g/mol. The van der Waals surface area contributed by atoms with Gasteiger partial charge in [0.05, 0.1) is 30.0 Å². The van der Waals surface area contributed by atoms with Crippen LogP contribution >= 0.6 is 11.3 Å². The number of esters is 1. The highest BCUT2D eigenvalue weighted by Crippen LogP contribution is 2.29. The molecule has 168 valence electrons. The minimum atomic E-state index is -4.45. The van der Waals surface area contributed by atoms with Crippen molar-refractivity contribution in [1.29, 1.82) is 0 Å². The summed E-state index contributed by atoms with van der Waals surface area (Å²) in [6.45, 7) is 1.45. The Labute approximate surface area is 186 Å². The number of carbonyl (C=O) groups is 2. The molecule has 0 aliphatic carbocycles. The number of nitrogens with zero attached hydrogens (tertiary/aromatic N) is 3. The van der Waals surface area contributed by atoms with Gasteiger partial charge in [-0.1, -0.05) is 18.2 Å². The number of carbonyl (C=O) groups excluding carboxylic acids is 2. The molecule has 10 heteroatoms. The normalized spacial score (nSPS) is 11.2. The van der Waals surface area contributed by atoms with Gasteiger partial charge in [0.2, 0.25) is 5.91 Å². The summed E-state index contributed by atoms with van der Waals surface area (Å²) in [5.74, 6) is -0.990. The molecule has 0 saturated heterocycles. The summed E-state index contributed by atoms with van der Waals surface area (Å²) >= 11 is 1.34. The van der Waals surface area contributed by atoms with Gasteiger partial charge in [0.15, 0.2) is 0 Å². The highest BCUT2D eigenvalue weighted by atomic mass is 32.1. The first-order valence-electron chi connectivity index (χ1n) is 9.71. The van der Waals surface area contributed by atoms with E-state index in [1.165, 1.54) is 28.4 Å². The van der Waals surface area contributed by atoms with E-state index in [0.29, 0.717) is 22.0 Å². The van der Waals surface area contributed by atoms with Crippen molar-refractivity contribution in [1.82, 2.24) is 14.9 Å². The summed E-state index contributed by atoms with van der Waals surface area (Å²) in [6, 6.07) is 9.90. The van der Waals surface area contributed by atoms with Crippen LogP contribution in [-0.4, -0.2) is 39.9 Å². The third-order valence-electron chi connectivity index (χ3n) is 4.40. The molecule has 0 unspecified atom stereocenters. The number of amides is 1. The molecule has 6 nitrogen and oxygen atoms in total. The van der Waals surface area contributed by atoms with Gasteiger partial charge in [-0.05, 0) is 36.8 Å².